The van der Waals surface area contributed by atoms with Gasteiger partial charge in [0.2, 0.25) is 0 Å². The van der Waals surface area contributed by atoms with E-state index in [0.717, 1.165) is 6.07 Å². The Kier molecular flexibility index (Phi) is 9.55. The second kappa shape index (κ2) is 12.6. The summed E-state index contributed by atoms with van der Waals surface area (Å²) in [5.74, 6) is -3.14. The van der Waals surface area contributed by atoms with Crippen LogP contribution in [-0.2, 0) is 24.5 Å². The van der Waals surface area contributed by atoms with E-state index in [1.807, 2.05) is 4.72 Å². The molecule has 1 aromatic carbocycles. The molecule has 3 N–H and O–H groups in total. The minimum Gasteiger partial charge on any atom is -0.466 e. The molecular formula is C26H30ClF2N5O6S2. The zero-order chi connectivity index (χ0) is 30.8. The van der Waals surface area contributed by atoms with Crippen molar-refractivity contribution in [2.24, 2.45) is 10.9 Å². The number of hydrogen-bond acceptors (Lipinski definition) is 10. The summed E-state index contributed by atoms with van der Waals surface area (Å²) in [5, 5.41) is 4.92. The van der Waals surface area contributed by atoms with E-state index in [0.29, 0.717) is 42.2 Å². The van der Waals surface area contributed by atoms with E-state index in [4.69, 9.17) is 21.1 Å². The number of halogens is 3. The monoisotopic (exact) mass is 645 g/mol. The number of esters is 1. The van der Waals surface area contributed by atoms with Gasteiger partial charge in [0.1, 0.15) is 11.6 Å². The van der Waals surface area contributed by atoms with Crippen molar-refractivity contribution in [3.8, 4) is 0 Å². The zero-order valence-electron chi connectivity index (χ0n) is 23.2. The lowest BCUT2D eigenvalue weighted by atomic mass is 9.80. The second-order valence-corrected chi connectivity index (χ2v) is 13.4. The van der Waals surface area contributed by atoms with Gasteiger partial charge in [-0.1, -0.05) is 17.7 Å². The average Bonchev–Trinajstić information content (AvgIpc) is 3.45. The van der Waals surface area contributed by atoms with Crippen LogP contribution < -0.4 is 14.8 Å². The molecule has 1 unspecified atom stereocenters. The van der Waals surface area contributed by atoms with Crippen LogP contribution in [0, 0.1) is 17.6 Å². The first-order chi connectivity index (χ1) is 19.7. The Hall–Kier alpha value is -3.14. The molecule has 42 heavy (non-hydrogen) atoms. The highest BCUT2D eigenvalue weighted by Gasteiger charge is 2.39. The Morgan fingerprint density at radius 2 is 1.86 bits per heavy atom. The van der Waals surface area contributed by atoms with Crippen molar-refractivity contribution in [3.63, 3.8) is 0 Å². The summed E-state index contributed by atoms with van der Waals surface area (Å²) in [6.07, 6.45) is 2.04. The van der Waals surface area contributed by atoms with E-state index in [9.17, 15) is 26.8 Å². The normalized spacial score (nSPS) is 21.3. The number of amides is 1. The van der Waals surface area contributed by atoms with Gasteiger partial charge in [-0.2, -0.15) is 13.1 Å². The van der Waals surface area contributed by atoms with Crippen LogP contribution in [0.1, 0.15) is 63.1 Å². The van der Waals surface area contributed by atoms with E-state index < -0.39 is 56.6 Å². The van der Waals surface area contributed by atoms with Crippen LogP contribution in [0.25, 0.3) is 0 Å². The van der Waals surface area contributed by atoms with Gasteiger partial charge in [0, 0.05) is 28.9 Å². The first-order valence-corrected chi connectivity index (χ1v) is 15.7. The van der Waals surface area contributed by atoms with Crippen molar-refractivity contribution in [2.75, 3.05) is 7.11 Å². The predicted molar refractivity (Wildman–Crippen MR) is 152 cm³/mol. The molecule has 0 bridgehead atoms. The van der Waals surface area contributed by atoms with Crippen molar-refractivity contribution in [2.45, 2.75) is 64.1 Å². The molecule has 0 radical (unpaired) electrons. The number of nitrogens with one attached hydrogen (secondary N) is 3. The molecule has 1 aliphatic heterocycles. The fourth-order valence-electron chi connectivity index (χ4n) is 4.81. The van der Waals surface area contributed by atoms with Crippen molar-refractivity contribution in [1.29, 1.82) is 0 Å². The summed E-state index contributed by atoms with van der Waals surface area (Å²) >= 11 is 7.49. The second-order valence-electron chi connectivity index (χ2n) is 10.7. The number of methoxy groups -OCH3 is 1. The number of amidine groups is 1. The van der Waals surface area contributed by atoms with Crippen LogP contribution >= 0.6 is 22.9 Å². The number of benzene rings is 1. The standard InChI is InChI=1S/C26H30ClF2N5O6S2/c1-26(2,3)40-25(36)34-42(37,38)33-14-7-5-13(6-8-14)20-17(24(35)39-4)21(15-9-10-16(28)19(29)18(15)27)32-22(31-20)23-30-11-12-41-23/h9-14,21,33H,5-8H2,1-4H3,(H,31,32)(H,34,36). The van der Waals surface area contributed by atoms with Gasteiger partial charge < -0.3 is 14.8 Å². The number of carbonyl (C=O) groups excluding carboxylic acids is 2. The number of aliphatic imine (C=N–C) groups is 1. The maximum Gasteiger partial charge on any atom is 0.422 e. The third kappa shape index (κ3) is 7.43. The fourth-order valence-corrected chi connectivity index (χ4v) is 6.64. The van der Waals surface area contributed by atoms with Crippen LogP contribution in [0.5, 0.6) is 0 Å². The van der Waals surface area contributed by atoms with Gasteiger partial charge in [-0.3, -0.25) is 4.99 Å². The Morgan fingerprint density at radius 1 is 1.17 bits per heavy atom. The maximum absolute atomic E-state index is 14.5. The highest BCUT2D eigenvalue weighted by molar-refractivity contribution is 7.88. The number of nitrogens with zero attached hydrogens (tertiary/aromatic N) is 2. The van der Waals surface area contributed by atoms with Gasteiger partial charge in [-0.25, -0.2) is 28.1 Å². The molecule has 1 aliphatic carbocycles. The number of carbonyl (C=O) groups is 2. The Balaban J connectivity index is 1.61. The summed E-state index contributed by atoms with van der Waals surface area (Å²) < 4.78 is 67.9. The van der Waals surface area contributed by atoms with Crippen LogP contribution in [0.4, 0.5) is 13.6 Å². The first kappa shape index (κ1) is 31.8. The number of hydrogen-bond donors (Lipinski definition) is 3. The van der Waals surface area contributed by atoms with E-state index in [1.165, 1.54) is 24.5 Å². The van der Waals surface area contributed by atoms with E-state index >= 15 is 0 Å². The minimum absolute atomic E-state index is 0.0682. The SMILES string of the molecule is COC(=O)C1=C(C2CCC(NS(=O)(=O)NC(=O)OC(C)(C)C)CC2)NC(c2nccs2)=NC1c1ccc(F)c(F)c1Cl. The molecular weight excluding hydrogens is 616 g/mol. The number of rotatable bonds is 7. The molecule has 1 atom stereocenters. The maximum atomic E-state index is 14.5. The Bertz CT molecular complexity index is 1520. The van der Waals surface area contributed by atoms with E-state index in [2.05, 4.69) is 20.0 Å². The van der Waals surface area contributed by atoms with Crippen molar-refractivity contribution >= 4 is 51.0 Å². The summed E-state index contributed by atoms with van der Waals surface area (Å²) in [6.45, 7) is 4.83. The zero-order valence-corrected chi connectivity index (χ0v) is 25.6. The lowest BCUT2D eigenvalue weighted by Gasteiger charge is -2.35. The lowest BCUT2D eigenvalue weighted by molar-refractivity contribution is -0.136. The topological polar surface area (TPSA) is 148 Å². The van der Waals surface area contributed by atoms with Crippen LogP contribution in [-0.4, -0.2) is 50.1 Å². The Labute approximate surface area is 250 Å². The van der Waals surface area contributed by atoms with Gasteiger partial charge in [-0.15, -0.1) is 11.3 Å². The largest absolute Gasteiger partial charge is 0.466 e. The quantitative estimate of drug-likeness (QED) is 0.294. The summed E-state index contributed by atoms with van der Waals surface area (Å²) in [4.78, 5) is 34.0. The molecule has 16 heteroatoms. The summed E-state index contributed by atoms with van der Waals surface area (Å²) in [5.41, 5.74) is -0.292. The molecule has 1 fully saturated rings. The molecule has 2 heterocycles. The third-order valence-electron chi connectivity index (χ3n) is 6.55. The third-order valence-corrected chi connectivity index (χ3v) is 8.79. The minimum atomic E-state index is -4.20. The highest BCUT2D eigenvalue weighted by Crippen LogP contribution is 2.41. The van der Waals surface area contributed by atoms with Crippen molar-refractivity contribution in [3.05, 3.63) is 62.2 Å². The van der Waals surface area contributed by atoms with Gasteiger partial charge in [-0.05, 0) is 58.4 Å². The number of allylic oxidation sites excluding steroid dienone is 1. The smallest absolute Gasteiger partial charge is 0.422 e. The molecule has 11 nitrogen and oxygen atoms in total. The van der Waals surface area contributed by atoms with Crippen molar-refractivity contribution < 1.29 is 36.3 Å². The predicted octanol–water partition coefficient (Wildman–Crippen LogP) is 4.51. The lowest BCUT2D eigenvalue weighted by Crippen LogP contribution is -2.48. The molecule has 1 aromatic heterocycles. The molecule has 4 rings (SSSR count). The van der Waals surface area contributed by atoms with Gasteiger partial charge in [0.15, 0.2) is 22.5 Å². The highest BCUT2D eigenvalue weighted by atomic mass is 35.5. The number of ether oxygens (including phenoxy) is 2. The molecule has 0 spiro atoms. The van der Waals surface area contributed by atoms with E-state index in [1.54, 1.807) is 32.3 Å². The summed E-state index contributed by atoms with van der Waals surface area (Å²) in [6, 6.07) is 0.540. The molecule has 1 amide bonds. The average molecular weight is 646 g/mol. The Morgan fingerprint density at radius 3 is 2.45 bits per heavy atom. The molecule has 1 saturated carbocycles. The number of aromatic nitrogens is 1. The fraction of sp³-hybridized carbons (Fsp3) is 0.462. The molecule has 228 valence electrons. The van der Waals surface area contributed by atoms with Gasteiger partial charge in [0.25, 0.3) is 0 Å². The van der Waals surface area contributed by atoms with Crippen LogP contribution in [0.15, 0.2) is 40.0 Å². The van der Waals surface area contributed by atoms with Crippen molar-refractivity contribution in [1.82, 2.24) is 19.7 Å². The van der Waals surface area contributed by atoms with Crippen LogP contribution in [0.3, 0.4) is 0 Å². The summed E-state index contributed by atoms with van der Waals surface area (Å²) in [7, 11) is -3.01. The molecule has 0 saturated heterocycles. The number of thiazole rings is 1. The van der Waals surface area contributed by atoms with Crippen LogP contribution in [0.2, 0.25) is 5.02 Å². The van der Waals surface area contributed by atoms with Gasteiger partial charge >= 0.3 is 22.3 Å². The first-order valence-electron chi connectivity index (χ1n) is 12.9. The molecule has 2 aliphatic rings. The van der Waals surface area contributed by atoms with Gasteiger partial charge in [0.05, 0.1) is 17.7 Å². The molecule has 2 aromatic rings. The van der Waals surface area contributed by atoms with E-state index in [-0.39, 0.29) is 17.1 Å².